The van der Waals surface area contributed by atoms with Crippen LogP contribution < -0.4 is 5.73 Å². The lowest BCUT2D eigenvalue weighted by Crippen LogP contribution is -2.41. The lowest BCUT2D eigenvalue weighted by molar-refractivity contribution is -0.119. The molecular weight excluding hydrogens is 176 g/mol. The molecule has 0 unspecified atom stereocenters. The minimum atomic E-state index is -0.549. The van der Waals surface area contributed by atoms with Crippen molar-refractivity contribution >= 4 is 12.0 Å². The Bertz CT molecular complexity index is 219. The summed E-state index contributed by atoms with van der Waals surface area (Å²) in [7, 11) is 0. The van der Waals surface area contributed by atoms with Gasteiger partial charge in [0.1, 0.15) is 6.61 Å². The number of hydrogen-bond acceptors (Lipinski definition) is 4. The number of carbonyl (C=O) groups excluding carboxylic acids is 2. The molecule has 3 N–H and O–H groups in total. The third-order valence-electron chi connectivity index (χ3n) is 1.88. The van der Waals surface area contributed by atoms with Crippen molar-refractivity contribution in [3.8, 4) is 0 Å². The molecule has 74 valence electrons. The highest BCUT2D eigenvalue weighted by atomic mass is 16.6. The number of nitrogens with zero attached hydrogens (tertiary/aromatic N) is 1. The molecule has 1 atom stereocenters. The quantitative estimate of drug-likeness (QED) is 0.572. The van der Waals surface area contributed by atoms with Crippen LogP contribution in [0.4, 0.5) is 4.79 Å². The largest absolute Gasteiger partial charge is 0.448 e. The molecule has 0 aliphatic carbocycles. The van der Waals surface area contributed by atoms with Crippen LogP contribution in [0.2, 0.25) is 0 Å². The number of nitrogens with two attached hydrogens (primary N) is 1. The molecule has 6 nitrogen and oxygen atoms in total. The van der Waals surface area contributed by atoms with E-state index in [9.17, 15) is 9.59 Å². The van der Waals surface area contributed by atoms with Gasteiger partial charge in [-0.05, 0) is 0 Å². The third-order valence-corrected chi connectivity index (χ3v) is 1.88. The maximum atomic E-state index is 11.0. The molecule has 1 heterocycles. The highest BCUT2D eigenvalue weighted by molar-refractivity contribution is 5.76. The molecule has 0 radical (unpaired) electrons. The molecule has 0 aromatic heterocycles. The van der Waals surface area contributed by atoms with Gasteiger partial charge in [-0.3, -0.25) is 9.69 Å². The number of ether oxygens (including phenoxy) is 1. The fourth-order valence-corrected chi connectivity index (χ4v) is 1.24. The van der Waals surface area contributed by atoms with Gasteiger partial charge >= 0.3 is 6.09 Å². The molecule has 0 aromatic carbocycles. The third kappa shape index (κ3) is 2.32. The van der Waals surface area contributed by atoms with Crippen molar-refractivity contribution in [2.24, 2.45) is 5.73 Å². The number of rotatable bonds is 4. The van der Waals surface area contributed by atoms with Gasteiger partial charge in [0.15, 0.2) is 0 Å². The molecule has 0 spiro atoms. The van der Waals surface area contributed by atoms with E-state index in [1.165, 1.54) is 4.90 Å². The first-order chi connectivity index (χ1) is 6.15. The SMILES string of the molecule is NC(=O)C[C@@H](CO)N1CCOC1=O. The van der Waals surface area contributed by atoms with E-state index in [-0.39, 0.29) is 13.0 Å². The summed E-state index contributed by atoms with van der Waals surface area (Å²) in [5.41, 5.74) is 4.95. The van der Waals surface area contributed by atoms with Crippen molar-refractivity contribution in [1.29, 1.82) is 0 Å². The Morgan fingerprint density at radius 2 is 2.46 bits per heavy atom. The maximum absolute atomic E-state index is 11.0. The molecule has 0 aromatic rings. The zero-order valence-electron chi connectivity index (χ0n) is 7.10. The van der Waals surface area contributed by atoms with Gasteiger partial charge in [0, 0.05) is 6.42 Å². The molecule has 1 fully saturated rings. The van der Waals surface area contributed by atoms with Crippen LogP contribution >= 0.6 is 0 Å². The summed E-state index contributed by atoms with van der Waals surface area (Å²) in [6.45, 7) is 0.420. The molecule has 0 saturated carbocycles. The van der Waals surface area contributed by atoms with Crippen LogP contribution in [0.1, 0.15) is 6.42 Å². The normalized spacial score (nSPS) is 18.5. The average Bonchev–Trinajstić information content (AvgIpc) is 2.47. The lowest BCUT2D eigenvalue weighted by atomic mass is 10.2. The van der Waals surface area contributed by atoms with Gasteiger partial charge in [0.2, 0.25) is 5.91 Å². The topological polar surface area (TPSA) is 92.9 Å². The Morgan fingerprint density at radius 1 is 1.77 bits per heavy atom. The van der Waals surface area contributed by atoms with Gasteiger partial charge in [-0.25, -0.2) is 4.79 Å². The van der Waals surface area contributed by atoms with Crippen LogP contribution in [0, 0.1) is 0 Å². The van der Waals surface area contributed by atoms with Gasteiger partial charge < -0.3 is 15.6 Å². The number of carbonyl (C=O) groups is 2. The predicted octanol–water partition coefficient (Wildman–Crippen LogP) is -1.33. The minimum Gasteiger partial charge on any atom is -0.448 e. The number of cyclic esters (lactones) is 1. The fraction of sp³-hybridized carbons (Fsp3) is 0.714. The number of primary amides is 1. The zero-order chi connectivity index (χ0) is 9.84. The molecule has 0 bridgehead atoms. The van der Waals surface area contributed by atoms with Gasteiger partial charge in [-0.15, -0.1) is 0 Å². The molecular formula is C7H12N2O4. The maximum Gasteiger partial charge on any atom is 0.410 e. The fourth-order valence-electron chi connectivity index (χ4n) is 1.24. The average molecular weight is 188 g/mol. The van der Waals surface area contributed by atoms with Crippen molar-refractivity contribution in [1.82, 2.24) is 4.90 Å². The van der Waals surface area contributed by atoms with Crippen molar-refractivity contribution < 1.29 is 19.4 Å². The second kappa shape index (κ2) is 4.08. The molecule has 2 amide bonds. The van der Waals surface area contributed by atoms with Gasteiger partial charge in [0.25, 0.3) is 0 Å². The van der Waals surface area contributed by atoms with Crippen LogP contribution in [-0.4, -0.2) is 47.8 Å². The van der Waals surface area contributed by atoms with Crippen LogP contribution in [0.3, 0.4) is 0 Å². The summed E-state index contributed by atoms with van der Waals surface area (Å²) >= 11 is 0. The van der Waals surface area contributed by atoms with Crippen LogP contribution in [0.15, 0.2) is 0 Å². The molecule has 1 aliphatic heterocycles. The molecule has 13 heavy (non-hydrogen) atoms. The van der Waals surface area contributed by atoms with E-state index in [0.717, 1.165) is 0 Å². The Balaban J connectivity index is 2.54. The lowest BCUT2D eigenvalue weighted by Gasteiger charge is -2.21. The Labute approximate surface area is 75.3 Å². The molecule has 1 aliphatic rings. The van der Waals surface area contributed by atoms with E-state index in [4.69, 9.17) is 10.8 Å². The van der Waals surface area contributed by atoms with E-state index in [2.05, 4.69) is 4.74 Å². The highest BCUT2D eigenvalue weighted by Gasteiger charge is 2.29. The summed E-state index contributed by atoms with van der Waals surface area (Å²) in [4.78, 5) is 22.9. The second-order valence-corrected chi connectivity index (χ2v) is 2.81. The highest BCUT2D eigenvalue weighted by Crippen LogP contribution is 2.10. The van der Waals surface area contributed by atoms with Crippen LogP contribution in [0.5, 0.6) is 0 Å². The van der Waals surface area contributed by atoms with Crippen molar-refractivity contribution in [2.75, 3.05) is 19.8 Å². The molecule has 1 saturated heterocycles. The van der Waals surface area contributed by atoms with Gasteiger partial charge in [-0.1, -0.05) is 0 Å². The predicted molar refractivity (Wildman–Crippen MR) is 42.7 cm³/mol. The van der Waals surface area contributed by atoms with Crippen molar-refractivity contribution in [3.05, 3.63) is 0 Å². The Morgan fingerprint density at radius 3 is 2.85 bits per heavy atom. The summed E-state index contributed by atoms with van der Waals surface area (Å²) < 4.78 is 4.65. The summed E-state index contributed by atoms with van der Waals surface area (Å²) in [5.74, 6) is -0.543. The van der Waals surface area contributed by atoms with E-state index in [1.807, 2.05) is 0 Å². The summed E-state index contributed by atoms with van der Waals surface area (Å²) in [5, 5.41) is 8.90. The first-order valence-electron chi connectivity index (χ1n) is 3.97. The molecule has 6 heteroatoms. The zero-order valence-corrected chi connectivity index (χ0v) is 7.10. The molecule has 1 rings (SSSR count). The van der Waals surface area contributed by atoms with Gasteiger partial charge in [0.05, 0.1) is 19.2 Å². The first-order valence-corrected chi connectivity index (χ1v) is 3.97. The van der Waals surface area contributed by atoms with Crippen LogP contribution in [0.25, 0.3) is 0 Å². The number of hydrogen-bond donors (Lipinski definition) is 2. The van der Waals surface area contributed by atoms with Crippen molar-refractivity contribution in [2.45, 2.75) is 12.5 Å². The van der Waals surface area contributed by atoms with Gasteiger partial charge in [-0.2, -0.15) is 0 Å². The number of amides is 2. The number of aliphatic hydroxyl groups is 1. The second-order valence-electron chi connectivity index (χ2n) is 2.81. The minimum absolute atomic E-state index is 0.0361. The Hall–Kier alpha value is -1.30. The van der Waals surface area contributed by atoms with E-state index in [1.54, 1.807) is 0 Å². The Kier molecular flexibility index (Phi) is 3.07. The van der Waals surface area contributed by atoms with E-state index in [0.29, 0.717) is 13.2 Å². The number of aliphatic hydroxyl groups excluding tert-OH is 1. The van der Waals surface area contributed by atoms with Crippen molar-refractivity contribution in [3.63, 3.8) is 0 Å². The summed E-state index contributed by atoms with van der Waals surface area (Å²) in [6.07, 6.45) is -0.536. The standard InChI is InChI=1S/C7H12N2O4/c8-6(11)3-5(4-10)9-1-2-13-7(9)12/h5,10H,1-4H2,(H2,8,11)/t5-/m0/s1. The van der Waals surface area contributed by atoms with E-state index >= 15 is 0 Å². The summed E-state index contributed by atoms with van der Waals surface area (Å²) in [6, 6.07) is -0.549. The first kappa shape index (κ1) is 9.79. The van der Waals surface area contributed by atoms with Crippen LogP contribution in [-0.2, 0) is 9.53 Å². The monoisotopic (exact) mass is 188 g/mol. The van der Waals surface area contributed by atoms with E-state index < -0.39 is 18.0 Å². The smallest absolute Gasteiger partial charge is 0.410 e.